The maximum absolute atomic E-state index is 12.5. The molecule has 5 N–H and O–H groups in total. The standard InChI is InChI=1S/C22H23N5O6S2/c1-27-15-5-2-11-6-12(28)3-4-13(11)19(15)35-22(27)21-26-14(10-34-21)20(33)25-8-17(30)23-7-16(29)24-9-18(31)32/h2-6,14,22,28H,7-10H2,1H3,(H,23,30)(H,24,29)(H,25,33)(H,31,32). The molecule has 2 unspecified atom stereocenters. The predicted octanol–water partition coefficient (Wildman–Crippen LogP) is 0.361. The van der Waals surface area contributed by atoms with Gasteiger partial charge >= 0.3 is 5.97 Å². The number of phenolic OH excluding ortho intramolecular Hbond substituents is 1. The van der Waals surface area contributed by atoms with Crippen molar-refractivity contribution < 1.29 is 29.4 Å². The van der Waals surface area contributed by atoms with Crippen molar-refractivity contribution in [3.05, 3.63) is 30.3 Å². The van der Waals surface area contributed by atoms with Gasteiger partial charge in [0.05, 0.1) is 18.8 Å². The number of nitrogens with one attached hydrogen (secondary N) is 3. The van der Waals surface area contributed by atoms with Crippen LogP contribution in [0.15, 0.2) is 40.2 Å². The van der Waals surface area contributed by atoms with Gasteiger partial charge in [0.15, 0.2) is 0 Å². The van der Waals surface area contributed by atoms with Crippen LogP contribution in [0.1, 0.15) is 0 Å². The summed E-state index contributed by atoms with van der Waals surface area (Å²) in [6.45, 7) is -1.24. The van der Waals surface area contributed by atoms with Crippen LogP contribution in [0.25, 0.3) is 10.8 Å². The molecule has 0 fully saturated rings. The van der Waals surface area contributed by atoms with E-state index in [1.54, 1.807) is 23.9 Å². The average Bonchev–Trinajstić information content (AvgIpc) is 3.44. The number of benzene rings is 2. The van der Waals surface area contributed by atoms with Crippen LogP contribution in [0.2, 0.25) is 0 Å². The van der Waals surface area contributed by atoms with Gasteiger partial charge in [-0.3, -0.25) is 24.2 Å². The Bertz CT molecular complexity index is 1240. The maximum atomic E-state index is 12.5. The molecule has 2 aliphatic rings. The lowest BCUT2D eigenvalue weighted by molar-refractivity contribution is -0.137. The number of rotatable bonds is 8. The van der Waals surface area contributed by atoms with E-state index in [0.717, 1.165) is 26.4 Å². The summed E-state index contributed by atoms with van der Waals surface area (Å²) in [6, 6.07) is 8.63. The van der Waals surface area contributed by atoms with Gasteiger partial charge in [-0.25, -0.2) is 0 Å². The van der Waals surface area contributed by atoms with Crippen LogP contribution in [0, 0.1) is 0 Å². The molecule has 2 atom stereocenters. The number of aliphatic imine (C=N–C) groups is 1. The molecule has 0 saturated heterocycles. The molecule has 0 radical (unpaired) electrons. The molecule has 184 valence electrons. The monoisotopic (exact) mass is 517 g/mol. The van der Waals surface area contributed by atoms with E-state index in [-0.39, 0.29) is 30.1 Å². The Kier molecular flexibility index (Phi) is 7.36. The van der Waals surface area contributed by atoms with E-state index >= 15 is 0 Å². The lowest BCUT2D eigenvalue weighted by Crippen LogP contribution is -2.44. The van der Waals surface area contributed by atoms with Crippen LogP contribution < -0.4 is 20.9 Å². The van der Waals surface area contributed by atoms with Crippen molar-refractivity contribution in [2.75, 3.05) is 37.3 Å². The van der Waals surface area contributed by atoms with E-state index in [1.165, 1.54) is 11.8 Å². The van der Waals surface area contributed by atoms with Gasteiger partial charge in [-0.1, -0.05) is 17.8 Å². The molecule has 0 aliphatic carbocycles. The second kappa shape index (κ2) is 10.4. The van der Waals surface area contributed by atoms with Crippen LogP contribution in [0.3, 0.4) is 0 Å². The smallest absolute Gasteiger partial charge is 0.322 e. The number of anilines is 1. The number of carbonyl (C=O) groups excluding carboxylic acids is 3. The van der Waals surface area contributed by atoms with Crippen molar-refractivity contribution in [2.24, 2.45) is 4.99 Å². The molecule has 2 aromatic rings. The van der Waals surface area contributed by atoms with Crippen molar-refractivity contribution in [3.8, 4) is 5.75 Å². The Morgan fingerprint density at radius 3 is 2.51 bits per heavy atom. The predicted molar refractivity (Wildman–Crippen MR) is 134 cm³/mol. The summed E-state index contributed by atoms with van der Waals surface area (Å²) in [7, 11) is 1.98. The number of hydrogen-bond acceptors (Lipinski definition) is 9. The summed E-state index contributed by atoms with van der Waals surface area (Å²) in [4.78, 5) is 54.1. The van der Waals surface area contributed by atoms with E-state index < -0.39 is 30.4 Å². The fraction of sp³-hybridized carbons (Fsp3) is 0.318. The minimum atomic E-state index is -1.19. The third kappa shape index (κ3) is 5.62. The molecular weight excluding hydrogens is 494 g/mol. The molecule has 0 bridgehead atoms. The number of aromatic hydroxyl groups is 1. The molecule has 0 aromatic heterocycles. The van der Waals surface area contributed by atoms with E-state index in [4.69, 9.17) is 5.11 Å². The van der Waals surface area contributed by atoms with Crippen LogP contribution in [0.5, 0.6) is 5.75 Å². The summed E-state index contributed by atoms with van der Waals surface area (Å²) in [5, 5.41) is 28.0. The number of aliphatic carboxylic acids is 1. The zero-order chi connectivity index (χ0) is 25.1. The second-order valence-electron chi connectivity index (χ2n) is 7.86. The number of hydrogen-bond donors (Lipinski definition) is 5. The lowest BCUT2D eigenvalue weighted by Gasteiger charge is -2.20. The van der Waals surface area contributed by atoms with Crippen LogP contribution >= 0.6 is 23.5 Å². The molecule has 13 heteroatoms. The quantitative estimate of drug-likeness (QED) is 0.333. The van der Waals surface area contributed by atoms with E-state index in [0.29, 0.717) is 5.75 Å². The minimum absolute atomic E-state index is 0.0835. The van der Waals surface area contributed by atoms with Crippen LogP contribution in [-0.4, -0.2) is 82.8 Å². The van der Waals surface area contributed by atoms with Gasteiger partial charge in [0.2, 0.25) is 17.7 Å². The summed E-state index contributed by atoms with van der Waals surface area (Å²) < 4.78 is 0. The Labute approximate surface area is 208 Å². The normalized spacial score (nSPS) is 18.7. The van der Waals surface area contributed by atoms with Gasteiger partial charge in [-0.15, -0.1) is 11.8 Å². The number of carboxylic acid groups (broad SMARTS) is 1. The van der Waals surface area contributed by atoms with Crippen LogP contribution in [-0.2, 0) is 19.2 Å². The first-order valence-electron chi connectivity index (χ1n) is 10.6. The van der Waals surface area contributed by atoms with Gasteiger partial charge < -0.3 is 31.1 Å². The molecular formula is C22H23N5O6S2. The van der Waals surface area contributed by atoms with E-state index in [1.807, 2.05) is 25.2 Å². The number of thioether (sulfide) groups is 2. The molecule has 35 heavy (non-hydrogen) atoms. The molecule has 2 heterocycles. The third-order valence-electron chi connectivity index (χ3n) is 5.39. The van der Waals surface area contributed by atoms with Gasteiger partial charge in [-0.05, 0) is 35.0 Å². The van der Waals surface area contributed by atoms with Crippen molar-refractivity contribution in [1.82, 2.24) is 16.0 Å². The summed E-state index contributed by atoms with van der Waals surface area (Å²) >= 11 is 3.15. The topological polar surface area (TPSA) is 160 Å². The Morgan fingerprint density at radius 1 is 1.06 bits per heavy atom. The van der Waals surface area contributed by atoms with Gasteiger partial charge in [0.1, 0.15) is 28.8 Å². The van der Waals surface area contributed by atoms with Gasteiger partial charge in [0, 0.05) is 17.7 Å². The lowest BCUT2D eigenvalue weighted by atomic mass is 10.1. The number of nitrogens with zero attached hydrogens (tertiary/aromatic N) is 2. The molecule has 0 saturated carbocycles. The first kappa shape index (κ1) is 24.7. The number of carbonyl (C=O) groups is 4. The van der Waals surface area contributed by atoms with Gasteiger partial charge in [-0.2, -0.15) is 0 Å². The summed E-state index contributed by atoms with van der Waals surface area (Å²) in [5.74, 6) is -2.12. The summed E-state index contributed by atoms with van der Waals surface area (Å²) in [5.41, 5.74) is 1.05. The summed E-state index contributed by atoms with van der Waals surface area (Å²) in [6.07, 6.45) is 0. The highest BCUT2D eigenvalue weighted by Crippen LogP contribution is 2.49. The molecule has 0 spiro atoms. The van der Waals surface area contributed by atoms with Crippen molar-refractivity contribution in [3.63, 3.8) is 0 Å². The van der Waals surface area contributed by atoms with Gasteiger partial charge in [0.25, 0.3) is 0 Å². The fourth-order valence-corrected chi connectivity index (χ4v) is 6.34. The molecule has 2 aromatic carbocycles. The zero-order valence-electron chi connectivity index (χ0n) is 18.6. The minimum Gasteiger partial charge on any atom is -0.508 e. The Morgan fingerprint density at radius 2 is 1.77 bits per heavy atom. The first-order chi connectivity index (χ1) is 16.7. The van der Waals surface area contributed by atoms with Crippen molar-refractivity contribution in [2.45, 2.75) is 16.3 Å². The average molecular weight is 518 g/mol. The Hall–Kier alpha value is -3.45. The van der Waals surface area contributed by atoms with E-state index in [2.05, 4.69) is 25.8 Å². The molecule has 2 aliphatic heterocycles. The number of amides is 3. The SMILES string of the molecule is CN1c2ccc3cc(O)ccc3c2SC1C1=NC(C(=O)NCC(=O)NCC(=O)NCC(=O)O)CS1. The van der Waals surface area contributed by atoms with Crippen molar-refractivity contribution in [1.29, 1.82) is 0 Å². The number of phenols is 1. The Balaban J connectivity index is 1.31. The van der Waals surface area contributed by atoms with Crippen LogP contribution in [0.4, 0.5) is 5.69 Å². The zero-order valence-corrected chi connectivity index (χ0v) is 20.2. The highest BCUT2D eigenvalue weighted by atomic mass is 32.2. The van der Waals surface area contributed by atoms with Crippen molar-refractivity contribution >= 4 is 68.7 Å². The molecule has 3 amide bonds. The molecule has 4 rings (SSSR count). The molecule has 11 nitrogen and oxygen atoms in total. The third-order valence-corrected chi connectivity index (χ3v) is 8.07. The highest BCUT2D eigenvalue weighted by Gasteiger charge is 2.37. The second-order valence-corrected chi connectivity index (χ2v) is 9.99. The number of carboxylic acids is 1. The van der Waals surface area contributed by atoms with E-state index in [9.17, 15) is 24.3 Å². The first-order valence-corrected chi connectivity index (χ1v) is 12.5. The largest absolute Gasteiger partial charge is 0.508 e. The highest BCUT2D eigenvalue weighted by molar-refractivity contribution is 8.16. The number of fused-ring (bicyclic) bond motifs is 3. The fourth-order valence-electron chi connectivity index (χ4n) is 3.64. The maximum Gasteiger partial charge on any atom is 0.322 e.